The molecule has 0 amide bonds. The number of methoxy groups -OCH3 is 1. The fraction of sp³-hybridized carbons (Fsp3) is 0.167. The fourth-order valence-corrected chi connectivity index (χ4v) is 2.84. The molecule has 0 aliphatic heterocycles. The molecule has 0 fully saturated rings. The van der Waals surface area contributed by atoms with E-state index in [0.29, 0.717) is 27.1 Å². The monoisotopic (exact) mass is 402 g/mol. The highest BCUT2D eigenvalue weighted by Gasteiger charge is 2.10. The second-order valence-corrected chi connectivity index (χ2v) is 6.30. The van der Waals surface area contributed by atoms with E-state index in [1.807, 2.05) is 13.0 Å². The minimum absolute atomic E-state index is 0.135. The van der Waals surface area contributed by atoms with Gasteiger partial charge in [0.2, 0.25) is 0 Å². The summed E-state index contributed by atoms with van der Waals surface area (Å²) in [6.45, 7) is 2.05. The Morgan fingerprint density at radius 3 is 2.76 bits per heavy atom. The van der Waals surface area contributed by atoms with Gasteiger partial charge in [-0.15, -0.1) is 0 Å². The van der Waals surface area contributed by atoms with E-state index < -0.39 is 5.97 Å². The molecule has 0 atom stereocenters. The number of aromatic nitrogens is 2. The molecule has 0 bridgehead atoms. The van der Waals surface area contributed by atoms with Crippen molar-refractivity contribution < 1.29 is 14.3 Å². The maximum absolute atomic E-state index is 12.2. The van der Waals surface area contributed by atoms with Gasteiger partial charge in [0.15, 0.2) is 0 Å². The van der Waals surface area contributed by atoms with Crippen LogP contribution in [0, 0.1) is 6.92 Å². The van der Waals surface area contributed by atoms with Crippen molar-refractivity contribution >= 4 is 27.5 Å². The zero-order chi connectivity index (χ0) is 18.0. The van der Waals surface area contributed by atoms with Gasteiger partial charge in [-0.2, -0.15) is 0 Å². The molecule has 0 N–H and O–H groups in total. The summed E-state index contributed by atoms with van der Waals surface area (Å²) in [6, 6.07) is 10.0. The van der Waals surface area contributed by atoms with Crippen LogP contribution in [0.2, 0.25) is 0 Å². The molecule has 3 aromatic rings. The lowest BCUT2D eigenvalue weighted by Crippen LogP contribution is -2.16. The molecule has 2 heterocycles. The first-order chi connectivity index (χ1) is 12.0. The molecule has 0 aliphatic rings. The molecule has 0 radical (unpaired) electrons. The summed E-state index contributed by atoms with van der Waals surface area (Å²) >= 11 is 3.36. The van der Waals surface area contributed by atoms with Crippen LogP contribution < -0.4 is 10.3 Å². The zero-order valence-electron chi connectivity index (χ0n) is 13.7. The highest BCUT2D eigenvalue weighted by atomic mass is 79.9. The number of hydrogen-bond donors (Lipinski definition) is 0. The van der Waals surface area contributed by atoms with Crippen LogP contribution in [-0.4, -0.2) is 22.5 Å². The average Bonchev–Trinajstić information content (AvgIpc) is 2.60. The number of nitrogens with zero attached hydrogens (tertiary/aromatic N) is 2. The van der Waals surface area contributed by atoms with Crippen molar-refractivity contribution in [2.24, 2.45) is 0 Å². The number of aryl methyl sites for hydroxylation is 1. The van der Waals surface area contributed by atoms with Crippen molar-refractivity contribution in [2.45, 2.75) is 13.5 Å². The molecule has 1 aromatic carbocycles. The Bertz CT molecular complexity index is 1010. The first-order valence-electron chi connectivity index (χ1n) is 7.47. The summed E-state index contributed by atoms with van der Waals surface area (Å²) in [5, 5.41) is 0. The Morgan fingerprint density at radius 1 is 1.24 bits per heavy atom. The van der Waals surface area contributed by atoms with Gasteiger partial charge >= 0.3 is 5.97 Å². The number of carbonyl (C=O) groups excluding carboxylic acids is 1. The summed E-state index contributed by atoms with van der Waals surface area (Å²) in [5.41, 5.74) is 2.33. The van der Waals surface area contributed by atoms with Gasteiger partial charge in [-0.25, -0.2) is 9.78 Å². The second kappa shape index (κ2) is 7.06. The number of hydrogen-bond acceptors (Lipinski definition) is 5. The van der Waals surface area contributed by atoms with E-state index in [2.05, 4.69) is 25.7 Å². The molecular formula is C18H15BrN2O4. The number of halogens is 1. The summed E-state index contributed by atoms with van der Waals surface area (Å²) in [5.74, 6) is 0.116. The van der Waals surface area contributed by atoms with E-state index in [-0.39, 0.29) is 12.2 Å². The Kier molecular flexibility index (Phi) is 4.85. The SMILES string of the molecule is COC(=O)c1ccc(OCc2cc(=O)n3cc(C)ccc3n2)c(Br)c1. The molecule has 0 aliphatic carbocycles. The number of ether oxygens (including phenoxy) is 2. The van der Waals surface area contributed by atoms with Gasteiger partial charge < -0.3 is 9.47 Å². The van der Waals surface area contributed by atoms with Crippen LogP contribution >= 0.6 is 15.9 Å². The predicted molar refractivity (Wildman–Crippen MR) is 96.0 cm³/mol. The van der Waals surface area contributed by atoms with E-state index in [4.69, 9.17) is 4.74 Å². The van der Waals surface area contributed by atoms with E-state index in [9.17, 15) is 9.59 Å². The standard InChI is InChI=1S/C18H15BrN2O4/c1-11-3-6-16-20-13(8-17(22)21(16)9-11)10-25-15-5-4-12(7-14(15)19)18(23)24-2/h3-9H,10H2,1-2H3. The van der Waals surface area contributed by atoms with Crippen LogP contribution in [0.3, 0.4) is 0 Å². The molecule has 128 valence electrons. The summed E-state index contributed by atoms with van der Waals surface area (Å²) in [4.78, 5) is 28.1. The van der Waals surface area contributed by atoms with E-state index in [1.54, 1.807) is 30.5 Å². The van der Waals surface area contributed by atoms with E-state index in [1.165, 1.54) is 17.6 Å². The maximum Gasteiger partial charge on any atom is 0.337 e. The third-order valence-corrected chi connectivity index (χ3v) is 4.21. The second-order valence-electron chi connectivity index (χ2n) is 5.45. The summed E-state index contributed by atoms with van der Waals surface area (Å²) in [6.07, 6.45) is 1.75. The van der Waals surface area contributed by atoms with Crippen LogP contribution in [0.5, 0.6) is 5.75 Å². The molecule has 0 saturated heterocycles. The number of pyridine rings is 1. The Morgan fingerprint density at radius 2 is 2.04 bits per heavy atom. The molecule has 0 unspecified atom stereocenters. The highest BCUT2D eigenvalue weighted by Crippen LogP contribution is 2.27. The number of fused-ring (bicyclic) bond motifs is 1. The number of carbonyl (C=O) groups is 1. The third-order valence-electron chi connectivity index (χ3n) is 3.59. The lowest BCUT2D eigenvalue weighted by molar-refractivity contribution is 0.0600. The molecule has 7 heteroatoms. The van der Waals surface area contributed by atoms with Gasteiger partial charge in [0.1, 0.15) is 18.0 Å². The van der Waals surface area contributed by atoms with Crippen molar-refractivity contribution in [1.82, 2.24) is 9.38 Å². The van der Waals surface area contributed by atoms with Crippen LogP contribution in [0.4, 0.5) is 0 Å². The molecule has 2 aromatic heterocycles. The predicted octanol–water partition coefficient (Wildman–Crippen LogP) is 3.13. The Balaban J connectivity index is 1.82. The topological polar surface area (TPSA) is 69.9 Å². The minimum Gasteiger partial charge on any atom is -0.486 e. The van der Waals surface area contributed by atoms with Crippen LogP contribution in [0.15, 0.2) is 51.9 Å². The number of esters is 1. The molecule has 0 saturated carbocycles. The van der Waals surface area contributed by atoms with Gasteiger partial charge in [-0.05, 0) is 52.7 Å². The van der Waals surface area contributed by atoms with Crippen molar-refractivity contribution in [3.05, 3.63) is 74.2 Å². The van der Waals surface area contributed by atoms with Gasteiger partial charge in [0.25, 0.3) is 5.56 Å². The average molecular weight is 403 g/mol. The minimum atomic E-state index is -0.424. The molecule has 6 nitrogen and oxygen atoms in total. The third kappa shape index (κ3) is 3.71. The first kappa shape index (κ1) is 17.2. The Labute approximate surface area is 152 Å². The van der Waals surface area contributed by atoms with Gasteiger partial charge in [0, 0.05) is 12.3 Å². The highest BCUT2D eigenvalue weighted by molar-refractivity contribution is 9.10. The molecule has 3 rings (SSSR count). The molecule has 25 heavy (non-hydrogen) atoms. The van der Waals surface area contributed by atoms with Crippen molar-refractivity contribution in [3.63, 3.8) is 0 Å². The van der Waals surface area contributed by atoms with Gasteiger partial charge in [0.05, 0.1) is 22.8 Å². The van der Waals surface area contributed by atoms with Crippen molar-refractivity contribution in [3.8, 4) is 5.75 Å². The molecular weight excluding hydrogens is 388 g/mol. The van der Waals surface area contributed by atoms with E-state index >= 15 is 0 Å². The summed E-state index contributed by atoms with van der Waals surface area (Å²) in [7, 11) is 1.33. The normalized spacial score (nSPS) is 10.7. The smallest absolute Gasteiger partial charge is 0.337 e. The van der Waals surface area contributed by atoms with Crippen LogP contribution in [-0.2, 0) is 11.3 Å². The first-order valence-corrected chi connectivity index (χ1v) is 8.27. The lowest BCUT2D eigenvalue weighted by Gasteiger charge is -2.10. The number of benzene rings is 1. The Hall–Kier alpha value is -2.67. The van der Waals surface area contributed by atoms with Crippen LogP contribution in [0.1, 0.15) is 21.6 Å². The quantitative estimate of drug-likeness (QED) is 0.626. The van der Waals surface area contributed by atoms with Crippen LogP contribution in [0.25, 0.3) is 5.65 Å². The zero-order valence-corrected chi connectivity index (χ0v) is 15.2. The summed E-state index contributed by atoms with van der Waals surface area (Å²) < 4.78 is 12.5. The maximum atomic E-state index is 12.2. The van der Waals surface area contributed by atoms with Gasteiger partial charge in [-0.1, -0.05) is 6.07 Å². The van der Waals surface area contributed by atoms with Crippen molar-refractivity contribution in [2.75, 3.05) is 7.11 Å². The van der Waals surface area contributed by atoms with Crippen molar-refractivity contribution in [1.29, 1.82) is 0 Å². The molecule has 0 spiro atoms. The fourth-order valence-electron chi connectivity index (χ4n) is 2.35. The van der Waals surface area contributed by atoms with E-state index in [0.717, 1.165) is 5.56 Å². The van der Waals surface area contributed by atoms with Gasteiger partial charge in [-0.3, -0.25) is 9.20 Å². The largest absolute Gasteiger partial charge is 0.486 e. The number of rotatable bonds is 4. The lowest BCUT2D eigenvalue weighted by atomic mass is 10.2.